The van der Waals surface area contributed by atoms with Gasteiger partial charge in [0.05, 0.1) is 6.04 Å². The lowest BCUT2D eigenvalue weighted by molar-refractivity contribution is 0.174. The summed E-state index contributed by atoms with van der Waals surface area (Å²) in [7, 11) is 0. The van der Waals surface area contributed by atoms with Crippen LogP contribution in [0.15, 0.2) is 36.5 Å². The first-order valence-electron chi connectivity index (χ1n) is 6.70. The number of hydrogen-bond acceptors (Lipinski definition) is 3. The highest BCUT2D eigenvalue weighted by atomic mass is 16.7. The molecule has 0 spiro atoms. The van der Waals surface area contributed by atoms with Gasteiger partial charge >= 0.3 is 0 Å². The highest BCUT2D eigenvalue weighted by Gasteiger charge is 2.22. The lowest BCUT2D eigenvalue weighted by atomic mass is 10.0. The molecule has 2 aliphatic heterocycles. The van der Waals surface area contributed by atoms with Gasteiger partial charge in [-0.1, -0.05) is 6.07 Å². The van der Waals surface area contributed by atoms with E-state index in [2.05, 4.69) is 40.3 Å². The van der Waals surface area contributed by atoms with Crippen molar-refractivity contribution in [2.45, 2.75) is 19.0 Å². The monoisotopic (exact) mass is 256 g/mol. The van der Waals surface area contributed by atoms with Crippen molar-refractivity contribution in [3.8, 4) is 11.5 Å². The van der Waals surface area contributed by atoms with Gasteiger partial charge in [-0.05, 0) is 42.8 Å². The van der Waals surface area contributed by atoms with Gasteiger partial charge < -0.3 is 19.4 Å². The molecule has 98 valence electrons. The molecule has 0 radical (unpaired) electrons. The van der Waals surface area contributed by atoms with E-state index in [1.165, 1.54) is 11.3 Å². The number of nitrogens with one attached hydrogen (secondary N) is 1. The molecule has 0 saturated heterocycles. The van der Waals surface area contributed by atoms with Crippen LogP contribution in [0.25, 0.3) is 0 Å². The molecule has 19 heavy (non-hydrogen) atoms. The number of fused-ring (bicyclic) bond motifs is 2. The molecule has 4 rings (SSSR count). The van der Waals surface area contributed by atoms with Gasteiger partial charge in [-0.25, -0.2) is 0 Å². The standard InChI is InChI=1S/C15H16N2O2/c1-3-12-15(16-6-2-8-17(12)7-1)11-4-5-13-14(9-11)19-10-18-13/h1,3-5,7,9,15-16H,2,6,8,10H2. The average molecular weight is 256 g/mol. The molecule has 4 nitrogen and oxygen atoms in total. The van der Waals surface area contributed by atoms with Crippen molar-refractivity contribution in [1.29, 1.82) is 0 Å². The molecule has 1 unspecified atom stereocenters. The molecule has 0 bridgehead atoms. The predicted molar refractivity (Wildman–Crippen MR) is 71.5 cm³/mol. The summed E-state index contributed by atoms with van der Waals surface area (Å²) in [6.07, 6.45) is 3.31. The van der Waals surface area contributed by atoms with Crippen molar-refractivity contribution in [2.24, 2.45) is 0 Å². The highest BCUT2D eigenvalue weighted by Crippen LogP contribution is 2.36. The van der Waals surface area contributed by atoms with E-state index in [0.29, 0.717) is 6.79 Å². The van der Waals surface area contributed by atoms with Crippen LogP contribution in [0.4, 0.5) is 0 Å². The second-order valence-corrected chi connectivity index (χ2v) is 4.98. The summed E-state index contributed by atoms with van der Waals surface area (Å²) in [6, 6.07) is 10.7. The van der Waals surface area contributed by atoms with E-state index in [9.17, 15) is 0 Å². The molecule has 0 amide bonds. The molecule has 0 aliphatic carbocycles. The van der Waals surface area contributed by atoms with Crippen molar-refractivity contribution in [3.63, 3.8) is 0 Å². The number of aromatic nitrogens is 1. The molecule has 0 saturated carbocycles. The van der Waals surface area contributed by atoms with Gasteiger partial charge in [0.15, 0.2) is 11.5 Å². The van der Waals surface area contributed by atoms with Crippen LogP contribution in [0, 0.1) is 0 Å². The van der Waals surface area contributed by atoms with Crippen LogP contribution in [0.2, 0.25) is 0 Å². The number of rotatable bonds is 1. The van der Waals surface area contributed by atoms with Gasteiger partial charge in [0.1, 0.15) is 0 Å². The molecule has 0 fully saturated rings. The number of hydrogen-bond donors (Lipinski definition) is 1. The van der Waals surface area contributed by atoms with Crippen LogP contribution >= 0.6 is 0 Å². The SMILES string of the molecule is c1cc2n(c1)CCCNC2c1ccc2c(c1)OCO2. The maximum atomic E-state index is 5.47. The third kappa shape index (κ3) is 1.79. The topological polar surface area (TPSA) is 35.4 Å². The number of aryl methyl sites for hydroxylation is 1. The minimum Gasteiger partial charge on any atom is -0.454 e. The fourth-order valence-corrected chi connectivity index (χ4v) is 2.87. The Labute approximate surface area is 111 Å². The third-order valence-corrected chi connectivity index (χ3v) is 3.81. The number of nitrogens with zero attached hydrogens (tertiary/aromatic N) is 1. The molecular weight excluding hydrogens is 240 g/mol. The van der Waals surface area contributed by atoms with Gasteiger partial charge in [0.25, 0.3) is 0 Å². The van der Waals surface area contributed by atoms with Gasteiger partial charge in [-0.15, -0.1) is 0 Å². The van der Waals surface area contributed by atoms with Crippen LogP contribution in [0.3, 0.4) is 0 Å². The highest BCUT2D eigenvalue weighted by molar-refractivity contribution is 5.46. The summed E-state index contributed by atoms with van der Waals surface area (Å²) < 4.78 is 13.2. The Bertz CT molecular complexity index is 606. The zero-order valence-electron chi connectivity index (χ0n) is 10.6. The van der Waals surface area contributed by atoms with Crippen LogP contribution in [0.5, 0.6) is 11.5 Å². The summed E-state index contributed by atoms with van der Waals surface area (Å²) in [5.74, 6) is 1.69. The largest absolute Gasteiger partial charge is 0.454 e. The van der Waals surface area contributed by atoms with Crippen LogP contribution in [-0.4, -0.2) is 17.9 Å². The van der Waals surface area contributed by atoms with Gasteiger partial charge in [0, 0.05) is 18.4 Å². The number of benzene rings is 1. The van der Waals surface area contributed by atoms with E-state index in [4.69, 9.17) is 9.47 Å². The fraction of sp³-hybridized carbons (Fsp3) is 0.333. The second kappa shape index (κ2) is 4.31. The number of ether oxygens (including phenoxy) is 2. The summed E-state index contributed by atoms with van der Waals surface area (Å²) in [4.78, 5) is 0. The maximum Gasteiger partial charge on any atom is 0.231 e. The molecule has 1 aromatic carbocycles. The molecule has 1 N–H and O–H groups in total. The smallest absolute Gasteiger partial charge is 0.231 e. The minimum atomic E-state index is 0.229. The van der Waals surface area contributed by atoms with E-state index in [0.717, 1.165) is 31.0 Å². The summed E-state index contributed by atoms with van der Waals surface area (Å²) in [5.41, 5.74) is 2.54. The third-order valence-electron chi connectivity index (χ3n) is 3.81. The van der Waals surface area contributed by atoms with Gasteiger partial charge in [0.2, 0.25) is 6.79 Å². The van der Waals surface area contributed by atoms with Crippen molar-refractivity contribution in [1.82, 2.24) is 9.88 Å². The second-order valence-electron chi connectivity index (χ2n) is 4.98. The first-order chi connectivity index (χ1) is 9.42. The summed E-state index contributed by atoms with van der Waals surface area (Å²) >= 11 is 0. The molecular formula is C15H16N2O2. The first kappa shape index (κ1) is 10.9. The quantitative estimate of drug-likeness (QED) is 0.850. The normalized spacial score (nSPS) is 20.9. The van der Waals surface area contributed by atoms with Crippen LogP contribution < -0.4 is 14.8 Å². The van der Waals surface area contributed by atoms with Crippen LogP contribution in [0.1, 0.15) is 23.7 Å². The van der Waals surface area contributed by atoms with Gasteiger partial charge in [-0.3, -0.25) is 0 Å². The molecule has 3 heterocycles. The lowest BCUT2D eigenvalue weighted by Gasteiger charge is -2.18. The molecule has 4 heteroatoms. The predicted octanol–water partition coefficient (Wildman–Crippen LogP) is 2.30. The zero-order valence-corrected chi connectivity index (χ0v) is 10.6. The Kier molecular flexibility index (Phi) is 2.48. The average Bonchev–Trinajstić information content (AvgIpc) is 3.04. The van der Waals surface area contributed by atoms with E-state index in [1.807, 2.05) is 6.07 Å². The Balaban J connectivity index is 1.76. The van der Waals surface area contributed by atoms with Crippen molar-refractivity contribution >= 4 is 0 Å². The van der Waals surface area contributed by atoms with Crippen molar-refractivity contribution in [2.75, 3.05) is 13.3 Å². The van der Waals surface area contributed by atoms with Crippen molar-refractivity contribution in [3.05, 3.63) is 47.8 Å². The fourth-order valence-electron chi connectivity index (χ4n) is 2.87. The maximum absolute atomic E-state index is 5.47. The van der Waals surface area contributed by atoms with E-state index < -0.39 is 0 Å². The Hall–Kier alpha value is -1.94. The van der Waals surface area contributed by atoms with E-state index in [-0.39, 0.29) is 6.04 Å². The first-order valence-corrected chi connectivity index (χ1v) is 6.70. The van der Waals surface area contributed by atoms with E-state index in [1.54, 1.807) is 0 Å². The van der Waals surface area contributed by atoms with Crippen LogP contribution in [-0.2, 0) is 6.54 Å². The Morgan fingerprint density at radius 3 is 3.11 bits per heavy atom. The lowest BCUT2D eigenvalue weighted by Crippen LogP contribution is -2.22. The Morgan fingerprint density at radius 1 is 1.16 bits per heavy atom. The molecule has 1 aromatic heterocycles. The van der Waals surface area contributed by atoms with Crippen molar-refractivity contribution < 1.29 is 9.47 Å². The summed E-state index contributed by atoms with van der Waals surface area (Å²) in [6.45, 7) is 2.43. The zero-order chi connectivity index (χ0) is 12.7. The van der Waals surface area contributed by atoms with E-state index >= 15 is 0 Å². The molecule has 2 aliphatic rings. The minimum absolute atomic E-state index is 0.229. The Morgan fingerprint density at radius 2 is 2.11 bits per heavy atom. The van der Waals surface area contributed by atoms with Gasteiger partial charge in [-0.2, -0.15) is 0 Å². The summed E-state index contributed by atoms with van der Waals surface area (Å²) in [5, 5.41) is 3.61. The molecule has 1 atom stereocenters. The molecule has 2 aromatic rings.